The van der Waals surface area contributed by atoms with Gasteiger partial charge in [-0.15, -0.1) is 11.3 Å². The van der Waals surface area contributed by atoms with Crippen molar-refractivity contribution in [2.45, 2.75) is 25.3 Å². The van der Waals surface area contributed by atoms with Crippen LogP contribution in [0.3, 0.4) is 0 Å². The average Bonchev–Trinajstić information content (AvgIpc) is 2.92. The Bertz CT molecular complexity index is 1130. The molecule has 3 aromatic rings. The predicted molar refractivity (Wildman–Crippen MR) is 106 cm³/mol. The van der Waals surface area contributed by atoms with Gasteiger partial charge in [0.05, 0.1) is 23.2 Å². The molecule has 0 N–H and O–H groups in total. The number of thiophene rings is 1. The number of ether oxygens (including phenoxy) is 1. The summed E-state index contributed by atoms with van der Waals surface area (Å²) >= 11 is 1.52. The summed E-state index contributed by atoms with van der Waals surface area (Å²) in [5.74, 6) is 0.539. The molecule has 144 valence electrons. The molecule has 0 amide bonds. The Morgan fingerprint density at radius 3 is 2.48 bits per heavy atom. The van der Waals surface area contributed by atoms with E-state index in [4.69, 9.17) is 4.74 Å². The van der Waals surface area contributed by atoms with Crippen molar-refractivity contribution in [3.05, 3.63) is 51.4 Å². The highest BCUT2D eigenvalue weighted by molar-refractivity contribution is 7.89. The summed E-state index contributed by atoms with van der Waals surface area (Å²) in [5, 5.41) is 0.665. The first-order valence-electron chi connectivity index (χ1n) is 8.32. The van der Waals surface area contributed by atoms with E-state index in [0.717, 1.165) is 19.6 Å². The third-order valence-corrected chi connectivity index (χ3v) is 7.30. The van der Waals surface area contributed by atoms with Gasteiger partial charge in [0.15, 0.2) is 0 Å². The lowest BCUT2D eigenvalue weighted by atomic mass is 10.2. The molecule has 2 aromatic heterocycles. The highest BCUT2D eigenvalue weighted by Gasteiger charge is 2.16. The number of hydrogen-bond acceptors (Lipinski definition) is 6. The topological polar surface area (TPSA) is 81.5 Å². The Kier molecular flexibility index (Phi) is 5.36. The summed E-state index contributed by atoms with van der Waals surface area (Å²) < 4.78 is 32.5. The quantitative estimate of drug-likeness (QED) is 0.627. The summed E-state index contributed by atoms with van der Waals surface area (Å²) in [7, 11) is -0.490. The van der Waals surface area contributed by atoms with Crippen LogP contribution >= 0.6 is 11.3 Å². The number of fused-ring (bicyclic) bond motifs is 1. The van der Waals surface area contributed by atoms with Crippen molar-refractivity contribution in [3.8, 4) is 5.75 Å². The number of aryl methyl sites for hydroxylation is 2. The normalized spacial score (nSPS) is 12.0. The maximum absolute atomic E-state index is 12.6. The van der Waals surface area contributed by atoms with Crippen molar-refractivity contribution in [2.24, 2.45) is 0 Å². The van der Waals surface area contributed by atoms with Crippen LogP contribution < -0.4 is 10.3 Å². The zero-order chi connectivity index (χ0) is 19.8. The minimum atomic E-state index is -3.46. The first-order valence-corrected chi connectivity index (χ1v) is 10.6. The number of benzene rings is 1. The molecule has 0 aliphatic heterocycles. The summed E-state index contributed by atoms with van der Waals surface area (Å²) in [5.41, 5.74) is 0.901. The smallest absolute Gasteiger partial charge is 0.262 e. The van der Waals surface area contributed by atoms with Crippen molar-refractivity contribution in [1.29, 1.82) is 0 Å². The second kappa shape index (κ2) is 7.41. The van der Waals surface area contributed by atoms with Crippen LogP contribution in [0.25, 0.3) is 10.2 Å². The number of hydrogen-bond donors (Lipinski definition) is 0. The van der Waals surface area contributed by atoms with E-state index in [1.54, 1.807) is 12.1 Å². The second-order valence-electron chi connectivity index (χ2n) is 6.31. The molecule has 27 heavy (non-hydrogen) atoms. The lowest BCUT2D eigenvalue weighted by Gasteiger charge is -2.12. The van der Waals surface area contributed by atoms with Gasteiger partial charge in [0.25, 0.3) is 5.56 Å². The molecule has 0 spiro atoms. The van der Waals surface area contributed by atoms with Crippen LogP contribution in [0.1, 0.15) is 10.4 Å². The zero-order valence-electron chi connectivity index (χ0n) is 15.6. The average molecular weight is 408 g/mol. The van der Waals surface area contributed by atoms with Crippen LogP contribution in [0.4, 0.5) is 0 Å². The molecule has 3 rings (SSSR count). The molecule has 0 aliphatic rings. The number of rotatable bonds is 6. The van der Waals surface area contributed by atoms with Gasteiger partial charge in [-0.2, -0.15) is 0 Å². The third-order valence-electron chi connectivity index (χ3n) is 4.36. The Hall–Kier alpha value is -2.23. The van der Waals surface area contributed by atoms with E-state index in [1.165, 1.54) is 48.5 Å². The number of sulfonamides is 1. The molecule has 0 bridgehead atoms. The number of aromatic nitrogens is 2. The van der Waals surface area contributed by atoms with E-state index in [9.17, 15) is 13.2 Å². The molecule has 0 atom stereocenters. The Morgan fingerprint density at radius 1 is 1.19 bits per heavy atom. The maximum Gasteiger partial charge on any atom is 0.262 e. The zero-order valence-corrected chi connectivity index (χ0v) is 17.2. The number of nitrogens with zero attached hydrogens (tertiary/aromatic N) is 3. The van der Waals surface area contributed by atoms with Gasteiger partial charge in [-0.3, -0.25) is 9.36 Å². The SMILES string of the molecule is Cc1sc2ncn(CCOc3ccc(S(=O)(=O)N(C)C)cc3)c(=O)c2c1C. The van der Waals surface area contributed by atoms with Crippen molar-refractivity contribution in [1.82, 2.24) is 13.9 Å². The third kappa shape index (κ3) is 3.76. The van der Waals surface area contributed by atoms with Gasteiger partial charge in [0.2, 0.25) is 10.0 Å². The molecular formula is C18H21N3O4S2. The highest BCUT2D eigenvalue weighted by atomic mass is 32.2. The van der Waals surface area contributed by atoms with Crippen LogP contribution in [0, 0.1) is 13.8 Å². The van der Waals surface area contributed by atoms with Crippen LogP contribution in [0.5, 0.6) is 5.75 Å². The fourth-order valence-electron chi connectivity index (χ4n) is 2.61. The minimum Gasteiger partial charge on any atom is -0.492 e. The standard InChI is InChI=1S/C18H21N3O4S2/c1-12-13(2)26-17-16(12)18(22)21(11-19-17)9-10-25-14-5-7-15(8-6-14)27(23,24)20(3)4/h5-8,11H,9-10H2,1-4H3. The summed E-state index contributed by atoms with van der Waals surface area (Å²) in [6, 6.07) is 6.21. The van der Waals surface area contributed by atoms with Gasteiger partial charge in [-0.25, -0.2) is 17.7 Å². The first kappa shape index (κ1) is 19.5. The molecule has 7 nitrogen and oxygen atoms in total. The van der Waals surface area contributed by atoms with E-state index in [2.05, 4.69) is 4.98 Å². The maximum atomic E-state index is 12.6. The van der Waals surface area contributed by atoms with Crippen molar-refractivity contribution in [2.75, 3.05) is 20.7 Å². The van der Waals surface area contributed by atoms with Gasteiger partial charge in [0, 0.05) is 19.0 Å². The molecule has 0 aliphatic carbocycles. The van der Waals surface area contributed by atoms with Crippen molar-refractivity contribution in [3.63, 3.8) is 0 Å². The van der Waals surface area contributed by atoms with Crippen LogP contribution in [0.2, 0.25) is 0 Å². The Labute approximate surface area is 161 Å². The molecule has 1 aromatic carbocycles. The van der Waals surface area contributed by atoms with Gasteiger partial charge in [-0.1, -0.05) is 0 Å². The molecular weight excluding hydrogens is 386 g/mol. The molecule has 0 saturated carbocycles. The first-order chi connectivity index (χ1) is 12.7. The van der Waals surface area contributed by atoms with Gasteiger partial charge >= 0.3 is 0 Å². The second-order valence-corrected chi connectivity index (χ2v) is 9.67. The van der Waals surface area contributed by atoms with Crippen molar-refractivity contribution < 1.29 is 13.2 Å². The molecule has 9 heteroatoms. The summed E-state index contributed by atoms with van der Waals surface area (Å²) in [6.45, 7) is 4.54. The Morgan fingerprint density at radius 2 is 1.85 bits per heavy atom. The van der Waals surface area contributed by atoms with E-state index in [0.29, 0.717) is 17.7 Å². The van der Waals surface area contributed by atoms with Gasteiger partial charge < -0.3 is 4.74 Å². The molecule has 0 unspecified atom stereocenters. The fraction of sp³-hybridized carbons (Fsp3) is 0.333. The van der Waals surface area contributed by atoms with E-state index in [-0.39, 0.29) is 17.1 Å². The van der Waals surface area contributed by atoms with Crippen LogP contribution in [-0.4, -0.2) is 43.0 Å². The predicted octanol–water partition coefficient (Wildman–Crippen LogP) is 2.40. The highest BCUT2D eigenvalue weighted by Crippen LogP contribution is 2.25. The van der Waals surface area contributed by atoms with Crippen LogP contribution in [0.15, 0.2) is 40.3 Å². The largest absolute Gasteiger partial charge is 0.492 e. The molecule has 0 radical (unpaired) electrons. The van der Waals surface area contributed by atoms with Gasteiger partial charge in [0.1, 0.15) is 17.2 Å². The summed E-state index contributed by atoms with van der Waals surface area (Å²) in [4.78, 5) is 19.0. The van der Waals surface area contributed by atoms with Crippen molar-refractivity contribution >= 4 is 31.6 Å². The molecule has 2 heterocycles. The van der Waals surface area contributed by atoms with E-state index in [1.807, 2.05) is 13.8 Å². The van der Waals surface area contributed by atoms with E-state index < -0.39 is 10.0 Å². The molecule has 0 fully saturated rings. The monoisotopic (exact) mass is 407 g/mol. The fourth-order valence-corrected chi connectivity index (χ4v) is 4.50. The van der Waals surface area contributed by atoms with Crippen LogP contribution in [-0.2, 0) is 16.6 Å². The van der Waals surface area contributed by atoms with E-state index >= 15 is 0 Å². The lowest BCUT2D eigenvalue weighted by Crippen LogP contribution is -2.23. The molecule has 0 saturated heterocycles. The summed E-state index contributed by atoms with van der Waals surface area (Å²) in [6.07, 6.45) is 1.54. The van der Waals surface area contributed by atoms with Gasteiger partial charge in [-0.05, 0) is 43.7 Å². The minimum absolute atomic E-state index is 0.0714. The Balaban J connectivity index is 1.70. The lowest BCUT2D eigenvalue weighted by molar-refractivity contribution is 0.296.